The number of hydrogen-bond acceptors (Lipinski definition) is 7. The number of benzene rings is 2. The molecular weight excluding hydrogens is 528 g/mol. The molecule has 1 radical (unpaired) electrons. The zero-order valence-electron chi connectivity index (χ0n) is 23.4. The van der Waals surface area contributed by atoms with Gasteiger partial charge in [-0.25, -0.2) is 4.79 Å². The predicted molar refractivity (Wildman–Crippen MR) is 150 cm³/mol. The van der Waals surface area contributed by atoms with Gasteiger partial charge in [0.15, 0.2) is 5.78 Å². The van der Waals surface area contributed by atoms with Crippen molar-refractivity contribution in [2.24, 2.45) is 7.05 Å². The number of ketones is 1. The molecule has 0 saturated carbocycles. The first-order valence-electron chi connectivity index (χ1n) is 13.1. The standard InChI is InChI=1S/C29H35N4O6Si/c1-19(34)20-6-8-21(9-7-20)27(36)30-15-26(35)40-18-22-10-11-25(38-17-24-12-13-31-32(24)5)14-23(22)16-33(40)28(37)39-29(2,3)4/h6-14,26,35H,15-18H2,1-5H3,(H,30,36)/t26-/m0/s1. The number of ether oxygens (including phenoxy) is 2. The number of carbonyl (C=O) groups excluding carboxylic acids is 3. The summed E-state index contributed by atoms with van der Waals surface area (Å²) < 4.78 is 15.0. The topological polar surface area (TPSA) is 123 Å². The summed E-state index contributed by atoms with van der Waals surface area (Å²) in [4.78, 5) is 37.5. The summed E-state index contributed by atoms with van der Waals surface area (Å²) in [6.45, 7) is 7.45. The quantitative estimate of drug-likeness (QED) is 0.318. The molecule has 0 fully saturated rings. The number of carbonyl (C=O) groups is 3. The van der Waals surface area contributed by atoms with Gasteiger partial charge in [-0.2, -0.15) is 5.10 Å². The molecule has 11 heteroatoms. The van der Waals surface area contributed by atoms with Gasteiger partial charge in [0.2, 0.25) is 8.96 Å². The average Bonchev–Trinajstić information content (AvgIpc) is 3.32. The molecular formula is C29H35N4O6Si. The monoisotopic (exact) mass is 563 g/mol. The largest absolute Gasteiger partial charge is 0.487 e. The van der Waals surface area contributed by atoms with Crippen LogP contribution >= 0.6 is 0 Å². The maximum atomic E-state index is 13.3. The molecule has 4 rings (SSSR count). The second kappa shape index (κ2) is 12.1. The summed E-state index contributed by atoms with van der Waals surface area (Å²) in [5, 5.41) is 18.1. The van der Waals surface area contributed by atoms with E-state index in [0.29, 0.717) is 29.5 Å². The number of amides is 2. The summed E-state index contributed by atoms with van der Waals surface area (Å²) in [6.07, 6.45) is 1.21. The number of rotatable bonds is 8. The van der Waals surface area contributed by atoms with E-state index in [2.05, 4.69) is 10.4 Å². The number of nitrogens with one attached hydrogen (secondary N) is 1. The van der Waals surface area contributed by atoms with Crippen LogP contribution in [0.15, 0.2) is 54.7 Å². The minimum absolute atomic E-state index is 0.0257. The van der Waals surface area contributed by atoms with Crippen molar-refractivity contribution < 1.29 is 29.0 Å². The first-order valence-corrected chi connectivity index (χ1v) is 14.8. The summed E-state index contributed by atoms with van der Waals surface area (Å²) >= 11 is 0. The number of hydrogen-bond donors (Lipinski definition) is 2. The third kappa shape index (κ3) is 7.16. The third-order valence-corrected chi connectivity index (χ3v) is 9.29. The summed E-state index contributed by atoms with van der Waals surface area (Å²) in [5.41, 5.74) is 2.11. The van der Waals surface area contributed by atoms with Crippen LogP contribution < -0.4 is 10.1 Å². The lowest BCUT2D eigenvalue weighted by Crippen LogP contribution is -2.58. The van der Waals surface area contributed by atoms with Gasteiger partial charge in [0, 0.05) is 37.5 Å². The summed E-state index contributed by atoms with van der Waals surface area (Å²) in [7, 11) is -0.0513. The van der Waals surface area contributed by atoms with E-state index in [1.54, 1.807) is 60.5 Å². The van der Waals surface area contributed by atoms with Crippen molar-refractivity contribution in [1.29, 1.82) is 0 Å². The molecule has 3 aromatic rings. The molecule has 0 spiro atoms. The zero-order valence-corrected chi connectivity index (χ0v) is 24.4. The predicted octanol–water partition coefficient (Wildman–Crippen LogP) is 3.36. The number of aryl methyl sites for hydroxylation is 1. The number of aliphatic hydroxyl groups excluding tert-OH is 1. The summed E-state index contributed by atoms with van der Waals surface area (Å²) in [5.74, 6) is 0.217. The smallest absolute Gasteiger partial charge is 0.402 e. The van der Waals surface area contributed by atoms with Gasteiger partial charge in [-0.1, -0.05) is 18.2 Å². The van der Waals surface area contributed by atoms with Crippen molar-refractivity contribution in [1.82, 2.24) is 19.7 Å². The van der Waals surface area contributed by atoms with Crippen molar-refractivity contribution >= 4 is 26.7 Å². The number of nitrogens with zero attached hydrogens (tertiary/aromatic N) is 3. The lowest BCUT2D eigenvalue weighted by molar-refractivity contribution is 0.0350. The van der Waals surface area contributed by atoms with Crippen LogP contribution in [0.25, 0.3) is 0 Å². The van der Waals surface area contributed by atoms with E-state index in [1.165, 1.54) is 6.92 Å². The molecule has 0 saturated heterocycles. The van der Waals surface area contributed by atoms with Crippen LogP contribution in [0.2, 0.25) is 0 Å². The highest BCUT2D eigenvalue weighted by molar-refractivity contribution is 6.59. The van der Waals surface area contributed by atoms with Crippen LogP contribution in [0.5, 0.6) is 5.75 Å². The molecule has 10 nitrogen and oxygen atoms in total. The van der Waals surface area contributed by atoms with Crippen molar-refractivity contribution in [3.63, 3.8) is 0 Å². The Labute approximate surface area is 235 Å². The lowest BCUT2D eigenvalue weighted by atomic mass is 10.1. The lowest BCUT2D eigenvalue weighted by Gasteiger charge is -2.38. The Kier molecular flexibility index (Phi) is 8.75. The van der Waals surface area contributed by atoms with Gasteiger partial charge in [0.25, 0.3) is 5.91 Å². The molecule has 1 aromatic heterocycles. The Balaban J connectivity index is 1.48. The van der Waals surface area contributed by atoms with Crippen LogP contribution in [-0.2, 0) is 31.0 Å². The second-order valence-corrected chi connectivity index (χ2v) is 13.3. The number of aromatic nitrogens is 2. The first kappa shape index (κ1) is 29.0. The Hall–Kier alpha value is -3.96. The molecule has 1 aliphatic rings. The van der Waals surface area contributed by atoms with E-state index in [9.17, 15) is 19.5 Å². The van der Waals surface area contributed by atoms with Crippen LogP contribution in [0.4, 0.5) is 4.79 Å². The normalized spacial score (nSPS) is 14.3. The van der Waals surface area contributed by atoms with Gasteiger partial charge in [-0.3, -0.25) is 14.3 Å². The Morgan fingerprint density at radius 2 is 1.77 bits per heavy atom. The van der Waals surface area contributed by atoms with E-state index >= 15 is 0 Å². The highest BCUT2D eigenvalue weighted by Gasteiger charge is 2.39. The van der Waals surface area contributed by atoms with Crippen molar-refractivity contribution in [3.05, 3.63) is 82.7 Å². The van der Waals surface area contributed by atoms with Gasteiger partial charge in [-0.15, -0.1) is 0 Å². The Bertz CT molecular complexity index is 1380. The minimum Gasteiger partial charge on any atom is -0.487 e. The van der Waals surface area contributed by atoms with Gasteiger partial charge in [0.05, 0.1) is 11.4 Å². The van der Waals surface area contributed by atoms with Crippen LogP contribution in [-0.4, -0.2) is 64.1 Å². The Morgan fingerprint density at radius 1 is 1.07 bits per heavy atom. The highest BCUT2D eigenvalue weighted by Crippen LogP contribution is 2.28. The Morgan fingerprint density at radius 3 is 2.40 bits per heavy atom. The molecule has 2 aromatic carbocycles. The van der Waals surface area contributed by atoms with Gasteiger partial charge >= 0.3 is 6.09 Å². The van der Waals surface area contributed by atoms with Gasteiger partial charge in [0.1, 0.15) is 18.0 Å². The molecule has 40 heavy (non-hydrogen) atoms. The van der Waals surface area contributed by atoms with E-state index in [1.807, 2.05) is 31.3 Å². The minimum atomic E-state index is -1.90. The van der Waals surface area contributed by atoms with E-state index in [-0.39, 0.29) is 24.8 Å². The number of Topliss-reactive ketones (excluding diaryl/α,β-unsaturated/α-hetero) is 1. The van der Waals surface area contributed by atoms with Crippen molar-refractivity contribution in [2.75, 3.05) is 6.54 Å². The summed E-state index contributed by atoms with van der Waals surface area (Å²) in [6, 6.07) is 14.5. The van der Waals surface area contributed by atoms with Crippen LogP contribution in [0.3, 0.4) is 0 Å². The van der Waals surface area contributed by atoms with E-state index in [4.69, 9.17) is 9.47 Å². The molecule has 2 N–H and O–H groups in total. The average molecular weight is 564 g/mol. The fourth-order valence-corrected chi connectivity index (χ4v) is 6.85. The van der Waals surface area contributed by atoms with Crippen molar-refractivity contribution in [2.45, 2.75) is 58.2 Å². The molecule has 2 amide bonds. The second-order valence-electron chi connectivity index (χ2n) is 10.8. The fraction of sp³-hybridized carbons (Fsp3) is 0.379. The highest BCUT2D eigenvalue weighted by atomic mass is 28.3. The van der Waals surface area contributed by atoms with Gasteiger partial charge in [-0.05, 0) is 75.2 Å². The number of aliphatic hydroxyl groups is 1. The zero-order chi connectivity index (χ0) is 29.0. The van der Waals surface area contributed by atoms with Crippen LogP contribution in [0.1, 0.15) is 65.2 Å². The van der Waals surface area contributed by atoms with Crippen molar-refractivity contribution in [3.8, 4) is 5.75 Å². The molecule has 0 unspecified atom stereocenters. The van der Waals surface area contributed by atoms with E-state index < -0.39 is 26.4 Å². The molecule has 211 valence electrons. The first-order chi connectivity index (χ1) is 18.9. The fourth-order valence-electron chi connectivity index (χ4n) is 4.34. The third-order valence-electron chi connectivity index (χ3n) is 6.54. The van der Waals surface area contributed by atoms with Crippen LogP contribution in [0, 0.1) is 0 Å². The SMILES string of the molecule is CC(=O)c1ccc(C(=O)NC[C@@H](O)[Si]2Cc3ccc(OCc4ccnn4C)cc3CN2C(=O)OC(C)(C)C)cc1. The molecule has 1 atom stereocenters. The maximum absolute atomic E-state index is 13.3. The molecule has 0 bridgehead atoms. The molecule has 2 heterocycles. The van der Waals surface area contributed by atoms with Gasteiger partial charge < -0.3 is 24.5 Å². The maximum Gasteiger partial charge on any atom is 0.402 e. The molecule has 1 aliphatic heterocycles. The van der Waals surface area contributed by atoms with E-state index in [0.717, 1.165) is 16.8 Å². The number of fused-ring (bicyclic) bond motifs is 1. The molecule has 0 aliphatic carbocycles.